The van der Waals surface area contributed by atoms with Crippen molar-refractivity contribution in [3.05, 3.63) is 0 Å². The molecule has 0 saturated carbocycles. The third kappa shape index (κ3) is 3.67. The van der Waals surface area contributed by atoms with Gasteiger partial charge in [-0.05, 0) is 26.3 Å². The number of carbonyl (C=O) groups excluding carboxylic acids is 2. The third-order valence-corrected chi connectivity index (χ3v) is 3.69. The number of morpholine rings is 1. The lowest BCUT2D eigenvalue weighted by atomic mass is 10.1. The highest BCUT2D eigenvalue weighted by Gasteiger charge is 2.33. The second kappa shape index (κ2) is 6.86. The van der Waals surface area contributed by atoms with E-state index in [-0.39, 0.29) is 17.9 Å². The van der Waals surface area contributed by atoms with E-state index < -0.39 is 6.04 Å². The molecule has 0 aromatic rings. The van der Waals surface area contributed by atoms with Crippen molar-refractivity contribution in [2.75, 3.05) is 32.8 Å². The van der Waals surface area contributed by atoms with E-state index in [1.54, 1.807) is 4.90 Å². The first kappa shape index (κ1) is 14.3. The van der Waals surface area contributed by atoms with E-state index in [0.717, 1.165) is 19.4 Å². The van der Waals surface area contributed by atoms with Gasteiger partial charge in [-0.15, -0.1) is 0 Å². The number of hydrogen-bond acceptors (Lipinski definition) is 4. The lowest BCUT2D eigenvalue weighted by Crippen LogP contribution is -2.56. The summed E-state index contributed by atoms with van der Waals surface area (Å²) in [5.74, 6) is -0.0612. The average Bonchev–Trinajstić information content (AvgIpc) is 2.92. The van der Waals surface area contributed by atoms with Gasteiger partial charge < -0.3 is 20.3 Å². The predicted molar refractivity (Wildman–Crippen MR) is 70.6 cm³/mol. The van der Waals surface area contributed by atoms with E-state index in [2.05, 4.69) is 10.6 Å². The van der Waals surface area contributed by atoms with Crippen molar-refractivity contribution in [3.63, 3.8) is 0 Å². The van der Waals surface area contributed by atoms with Crippen molar-refractivity contribution < 1.29 is 14.3 Å². The number of nitrogens with zero attached hydrogens (tertiary/aromatic N) is 1. The van der Waals surface area contributed by atoms with Crippen LogP contribution in [0.15, 0.2) is 0 Å². The van der Waals surface area contributed by atoms with Crippen LogP contribution in [0.2, 0.25) is 0 Å². The maximum Gasteiger partial charge on any atom is 0.245 e. The van der Waals surface area contributed by atoms with Gasteiger partial charge in [-0.2, -0.15) is 0 Å². The normalized spacial score (nSPS) is 27.3. The van der Waals surface area contributed by atoms with Crippen molar-refractivity contribution >= 4 is 11.8 Å². The summed E-state index contributed by atoms with van der Waals surface area (Å²) in [6.07, 6.45) is 2.65. The lowest BCUT2D eigenvalue weighted by Gasteiger charge is -2.35. The Balaban J connectivity index is 1.93. The molecule has 0 aliphatic carbocycles. The quantitative estimate of drug-likeness (QED) is 0.721. The monoisotopic (exact) mass is 269 g/mol. The summed E-state index contributed by atoms with van der Waals surface area (Å²) < 4.78 is 5.33. The number of amides is 2. The van der Waals surface area contributed by atoms with Crippen LogP contribution in [0.5, 0.6) is 0 Å². The summed E-state index contributed by atoms with van der Waals surface area (Å²) in [7, 11) is 0. The number of ether oxygens (including phenoxy) is 1. The van der Waals surface area contributed by atoms with Gasteiger partial charge in [-0.3, -0.25) is 9.59 Å². The van der Waals surface area contributed by atoms with Crippen LogP contribution in [0.25, 0.3) is 0 Å². The maximum atomic E-state index is 12.3. The molecule has 2 saturated heterocycles. The highest BCUT2D eigenvalue weighted by atomic mass is 16.5. The molecule has 108 valence electrons. The zero-order chi connectivity index (χ0) is 13.7. The van der Waals surface area contributed by atoms with Gasteiger partial charge >= 0.3 is 0 Å². The van der Waals surface area contributed by atoms with Crippen molar-refractivity contribution in [1.82, 2.24) is 15.5 Å². The molecule has 0 radical (unpaired) electrons. The molecule has 0 spiro atoms. The van der Waals surface area contributed by atoms with E-state index in [4.69, 9.17) is 4.74 Å². The fraction of sp³-hybridized carbons (Fsp3) is 0.846. The zero-order valence-electron chi connectivity index (χ0n) is 11.5. The van der Waals surface area contributed by atoms with Gasteiger partial charge in [0.15, 0.2) is 0 Å². The molecule has 6 heteroatoms. The summed E-state index contributed by atoms with van der Waals surface area (Å²) in [5, 5.41) is 6.08. The number of likely N-dealkylation sites (N-methyl/N-ethyl adjacent to an activating group) is 1. The van der Waals surface area contributed by atoms with E-state index in [1.807, 2.05) is 6.92 Å². The molecule has 2 atom stereocenters. The second-order valence-corrected chi connectivity index (χ2v) is 5.07. The van der Waals surface area contributed by atoms with E-state index in [9.17, 15) is 9.59 Å². The molecular weight excluding hydrogens is 246 g/mol. The minimum atomic E-state index is -0.470. The second-order valence-electron chi connectivity index (χ2n) is 5.07. The van der Waals surface area contributed by atoms with Crippen LogP contribution in [-0.4, -0.2) is 61.6 Å². The lowest BCUT2D eigenvalue weighted by molar-refractivity contribution is -0.148. The molecule has 2 heterocycles. The minimum Gasteiger partial charge on any atom is -0.377 e. The highest BCUT2D eigenvalue weighted by Crippen LogP contribution is 2.14. The fourth-order valence-corrected chi connectivity index (χ4v) is 2.67. The molecule has 2 N–H and O–H groups in total. The van der Waals surface area contributed by atoms with Gasteiger partial charge in [0.2, 0.25) is 11.8 Å². The first-order valence-corrected chi connectivity index (χ1v) is 7.10. The summed E-state index contributed by atoms with van der Waals surface area (Å²) in [4.78, 5) is 25.9. The van der Waals surface area contributed by atoms with Crippen LogP contribution >= 0.6 is 0 Å². The van der Waals surface area contributed by atoms with Crippen LogP contribution in [0.1, 0.15) is 26.2 Å². The van der Waals surface area contributed by atoms with Gasteiger partial charge in [0.25, 0.3) is 0 Å². The summed E-state index contributed by atoms with van der Waals surface area (Å²) in [6.45, 7) is 4.75. The Hall–Kier alpha value is -1.14. The van der Waals surface area contributed by atoms with Gasteiger partial charge in [0, 0.05) is 25.6 Å². The Labute approximate surface area is 113 Å². The molecule has 0 bridgehead atoms. The molecule has 2 amide bonds. The predicted octanol–water partition coefficient (Wildman–Crippen LogP) is -0.508. The largest absolute Gasteiger partial charge is 0.377 e. The van der Waals surface area contributed by atoms with E-state index in [0.29, 0.717) is 32.7 Å². The molecule has 0 aromatic carbocycles. The fourth-order valence-electron chi connectivity index (χ4n) is 2.67. The van der Waals surface area contributed by atoms with Crippen LogP contribution in [0.4, 0.5) is 0 Å². The molecule has 6 nitrogen and oxygen atoms in total. The van der Waals surface area contributed by atoms with Crippen LogP contribution in [0.3, 0.4) is 0 Å². The Bertz CT molecular complexity index is 329. The molecule has 2 aliphatic rings. The molecule has 0 aromatic heterocycles. The Morgan fingerprint density at radius 2 is 2.32 bits per heavy atom. The van der Waals surface area contributed by atoms with Crippen molar-refractivity contribution in [2.45, 2.75) is 38.3 Å². The molecule has 2 aliphatic heterocycles. The smallest absolute Gasteiger partial charge is 0.245 e. The number of carbonyl (C=O) groups is 2. The Morgan fingerprint density at radius 1 is 1.47 bits per heavy atom. The standard InChI is InChI=1S/C13H23N3O3/c1-2-14-13(18)11-9-19-7-6-16(11)12(17)8-10-4-3-5-15-10/h10-11,15H,2-9H2,1H3,(H,14,18). The molecule has 2 fully saturated rings. The molecule has 2 unspecified atom stereocenters. The van der Waals surface area contributed by atoms with Gasteiger partial charge in [-0.25, -0.2) is 0 Å². The maximum absolute atomic E-state index is 12.3. The van der Waals surface area contributed by atoms with Crippen molar-refractivity contribution in [1.29, 1.82) is 0 Å². The Morgan fingerprint density at radius 3 is 3.00 bits per heavy atom. The van der Waals surface area contributed by atoms with Gasteiger partial charge in [0.05, 0.1) is 13.2 Å². The summed E-state index contributed by atoms with van der Waals surface area (Å²) in [6, 6.07) is -0.201. The Kier molecular flexibility index (Phi) is 5.15. The van der Waals surface area contributed by atoms with Crippen LogP contribution < -0.4 is 10.6 Å². The molecular formula is C13H23N3O3. The average molecular weight is 269 g/mol. The number of nitrogens with one attached hydrogen (secondary N) is 2. The summed E-state index contributed by atoms with van der Waals surface area (Å²) >= 11 is 0. The SMILES string of the molecule is CCNC(=O)C1COCCN1C(=O)CC1CCCN1. The van der Waals surface area contributed by atoms with Gasteiger partial charge in [-0.1, -0.05) is 0 Å². The summed E-state index contributed by atoms with van der Waals surface area (Å²) in [5.41, 5.74) is 0. The minimum absolute atomic E-state index is 0.0546. The van der Waals surface area contributed by atoms with Crippen molar-refractivity contribution in [3.8, 4) is 0 Å². The van der Waals surface area contributed by atoms with Crippen LogP contribution in [-0.2, 0) is 14.3 Å². The highest BCUT2D eigenvalue weighted by molar-refractivity contribution is 5.88. The van der Waals surface area contributed by atoms with Crippen molar-refractivity contribution in [2.24, 2.45) is 0 Å². The first-order chi connectivity index (χ1) is 9.22. The zero-order valence-corrected chi connectivity index (χ0v) is 11.5. The van der Waals surface area contributed by atoms with E-state index >= 15 is 0 Å². The number of hydrogen-bond donors (Lipinski definition) is 2. The van der Waals surface area contributed by atoms with Crippen LogP contribution in [0, 0.1) is 0 Å². The molecule has 19 heavy (non-hydrogen) atoms. The topological polar surface area (TPSA) is 70.7 Å². The molecule has 2 rings (SSSR count). The number of rotatable bonds is 4. The first-order valence-electron chi connectivity index (χ1n) is 7.10. The van der Waals surface area contributed by atoms with E-state index in [1.165, 1.54) is 0 Å². The third-order valence-electron chi connectivity index (χ3n) is 3.69. The van der Waals surface area contributed by atoms with Gasteiger partial charge in [0.1, 0.15) is 6.04 Å².